The number of nitrogens with one attached hydrogen (secondary N) is 1. The van der Waals surface area contributed by atoms with Crippen molar-refractivity contribution in [2.24, 2.45) is 11.8 Å². The van der Waals surface area contributed by atoms with Crippen LogP contribution in [0.15, 0.2) is 0 Å². The maximum absolute atomic E-state index is 12.6. The Morgan fingerprint density at radius 1 is 1.20 bits per heavy atom. The highest BCUT2D eigenvalue weighted by atomic mass is 16.2. The van der Waals surface area contributed by atoms with Gasteiger partial charge in [0.15, 0.2) is 0 Å². The molecule has 1 heterocycles. The van der Waals surface area contributed by atoms with Crippen LogP contribution in [0.3, 0.4) is 0 Å². The van der Waals surface area contributed by atoms with Crippen molar-refractivity contribution in [3.05, 3.63) is 0 Å². The van der Waals surface area contributed by atoms with Crippen LogP contribution in [0.25, 0.3) is 0 Å². The van der Waals surface area contributed by atoms with Crippen molar-refractivity contribution in [1.29, 1.82) is 0 Å². The molecule has 0 aromatic carbocycles. The SMILES string of the molecule is CCCCC1CCC(C(=O)N(C)C2CCCNC2)CC1. The molecule has 0 aromatic heterocycles. The fraction of sp³-hybridized carbons (Fsp3) is 0.941. The van der Waals surface area contributed by atoms with E-state index in [2.05, 4.69) is 12.2 Å². The van der Waals surface area contributed by atoms with E-state index in [1.54, 1.807) is 0 Å². The third kappa shape index (κ3) is 4.21. The Balaban J connectivity index is 1.75. The molecule has 0 aromatic rings. The molecule has 1 aliphatic carbocycles. The van der Waals surface area contributed by atoms with Gasteiger partial charge in [-0.1, -0.05) is 26.2 Å². The maximum atomic E-state index is 12.6. The zero-order valence-electron chi connectivity index (χ0n) is 13.4. The highest BCUT2D eigenvalue weighted by Crippen LogP contribution is 2.33. The Kier molecular flexibility index (Phi) is 6.34. The monoisotopic (exact) mass is 280 g/mol. The number of carbonyl (C=O) groups excluding carboxylic acids is 1. The van der Waals surface area contributed by atoms with Gasteiger partial charge in [0.05, 0.1) is 0 Å². The van der Waals surface area contributed by atoms with Crippen molar-refractivity contribution in [3.8, 4) is 0 Å². The van der Waals surface area contributed by atoms with Gasteiger partial charge in [-0.2, -0.15) is 0 Å². The van der Waals surface area contributed by atoms with Gasteiger partial charge in [0.1, 0.15) is 0 Å². The molecule has 1 atom stereocenters. The Bertz CT molecular complexity index is 291. The van der Waals surface area contributed by atoms with E-state index in [9.17, 15) is 4.79 Å². The summed E-state index contributed by atoms with van der Waals surface area (Å²) in [5.41, 5.74) is 0. The molecule has 1 amide bonds. The quantitative estimate of drug-likeness (QED) is 0.839. The van der Waals surface area contributed by atoms with Crippen molar-refractivity contribution >= 4 is 5.91 Å². The molecule has 0 bridgehead atoms. The number of hydrogen-bond acceptors (Lipinski definition) is 2. The maximum Gasteiger partial charge on any atom is 0.225 e. The van der Waals surface area contributed by atoms with E-state index >= 15 is 0 Å². The molecule has 1 saturated heterocycles. The molecule has 0 spiro atoms. The molecule has 1 N–H and O–H groups in total. The smallest absolute Gasteiger partial charge is 0.225 e. The highest BCUT2D eigenvalue weighted by molar-refractivity contribution is 5.79. The molecule has 1 unspecified atom stereocenters. The molecule has 3 heteroatoms. The molecule has 0 radical (unpaired) electrons. The van der Waals surface area contributed by atoms with E-state index < -0.39 is 0 Å². The standard InChI is InChI=1S/C17H32N2O/c1-3-4-6-14-8-10-15(11-9-14)17(20)19(2)16-7-5-12-18-13-16/h14-16,18H,3-13H2,1-2H3. The predicted octanol–water partition coefficient (Wildman–Crippen LogP) is 3.19. The van der Waals surface area contributed by atoms with Crippen LogP contribution in [0.1, 0.15) is 64.7 Å². The van der Waals surface area contributed by atoms with Crippen molar-refractivity contribution in [2.45, 2.75) is 70.8 Å². The van der Waals surface area contributed by atoms with Crippen LogP contribution in [0, 0.1) is 11.8 Å². The first kappa shape index (κ1) is 15.8. The van der Waals surface area contributed by atoms with Gasteiger partial charge in [-0.3, -0.25) is 4.79 Å². The zero-order valence-corrected chi connectivity index (χ0v) is 13.4. The number of amides is 1. The van der Waals surface area contributed by atoms with Gasteiger partial charge < -0.3 is 10.2 Å². The van der Waals surface area contributed by atoms with Crippen LogP contribution in [-0.4, -0.2) is 37.0 Å². The van der Waals surface area contributed by atoms with Crippen LogP contribution in [-0.2, 0) is 4.79 Å². The van der Waals surface area contributed by atoms with E-state index in [-0.39, 0.29) is 0 Å². The number of carbonyl (C=O) groups is 1. The molecule has 2 fully saturated rings. The van der Waals surface area contributed by atoms with Crippen molar-refractivity contribution < 1.29 is 4.79 Å². The summed E-state index contributed by atoms with van der Waals surface area (Å²) in [6.45, 7) is 4.36. The summed E-state index contributed by atoms with van der Waals surface area (Å²) < 4.78 is 0. The van der Waals surface area contributed by atoms with Crippen molar-refractivity contribution in [2.75, 3.05) is 20.1 Å². The molecular formula is C17H32N2O. The van der Waals surface area contributed by atoms with Gasteiger partial charge in [0, 0.05) is 25.6 Å². The zero-order chi connectivity index (χ0) is 14.4. The Labute approximate surface area is 124 Å². The summed E-state index contributed by atoms with van der Waals surface area (Å²) in [6.07, 6.45) is 11.2. The molecule has 20 heavy (non-hydrogen) atoms. The minimum atomic E-state index is 0.305. The molecular weight excluding hydrogens is 248 g/mol. The summed E-state index contributed by atoms with van der Waals surface area (Å²) >= 11 is 0. The van der Waals surface area contributed by atoms with Crippen LogP contribution in [0.2, 0.25) is 0 Å². The largest absolute Gasteiger partial charge is 0.341 e. The van der Waals surface area contributed by atoms with E-state index in [0.29, 0.717) is 17.9 Å². The second-order valence-electron chi connectivity index (χ2n) is 6.81. The molecule has 3 nitrogen and oxygen atoms in total. The van der Waals surface area contributed by atoms with Crippen LogP contribution in [0.5, 0.6) is 0 Å². The number of piperidine rings is 1. The Hall–Kier alpha value is -0.570. The van der Waals surface area contributed by atoms with Crippen LogP contribution >= 0.6 is 0 Å². The van der Waals surface area contributed by atoms with E-state index in [4.69, 9.17) is 0 Å². The summed E-state index contributed by atoms with van der Waals surface area (Å²) in [7, 11) is 2.02. The Morgan fingerprint density at radius 2 is 1.95 bits per heavy atom. The summed E-state index contributed by atoms with van der Waals surface area (Å²) in [5.74, 6) is 1.60. The number of unbranched alkanes of at least 4 members (excludes halogenated alkanes) is 1. The van der Waals surface area contributed by atoms with Gasteiger partial charge >= 0.3 is 0 Å². The first-order valence-electron chi connectivity index (χ1n) is 8.69. The molecule has 1 aliphatic heterocycles. The highest BCUT2D eigenvalue weighted by Gasteiger charge is 2.31. The van der Waals surface area contributed by atoms with Crippen molar-refractivity contribution in [3.63, 3.8) is 0 Å². The lowest BCUT2D eigenvalue weighted by Crippen LogP contribution is -2.48. The van der Waals surface area contributed by atoms with Gasteiger partial charge in [-0.15, -0.1) is 0 Å². The lowest BCUT2D eigenvalue weighted by atomic mass is 9.79. The summed E-state index contributed by atoms with van der Waals surface area (Å²) in [6, 6.07) is 0.425. The number of likely N-dealkylation sites (N-methyl/N-ethyl adjacent to an activating group) is 1. The van der Waals surface area contributed by atoms with E-state index in [0.717, 1.165) is 31.8 Å². The first-order valence-corrected chi connectivity index (χ1v) is 8.69. The number of nitrogens with zero attached hydrogens (tertiary/aromatic N) is 1. The van der Waals surface area contributed by atoms with Crippen LogP contribution < -0.4 is 5.32 Å². The lowest BCUT2D eigenvalue weighted by molar-refractivity contribution is -0.138. The predicted molar refractivity (Wildman–Crippen MR) is 83.6 cm³/mol. The molecule has 116 valence electrons. The summed E-state index contributed by atoms with van der Waals surface area (Å²) in [4.78, 5) is 14.7. The van der Waals surface area contributed by atoms with Crippen LogP contribution in [0.4, 0.5) is 0 Å². The average molecular weight is 280 g/mol. The van der Waals surface area contributed by atoms with Gasteiger partial charge in [-0.05, 0) is 51.0 Å². The fourth-order valence-electron chi connectivity index (χ4n) is 3.82. The van der Waals surface area contributed by atoms with Gasteiger partial charge in [0.25, 0.3) is 0 Å². The number of hydrogen-bond donors (Lipinski definition) is 1. The normalized spacial score (nSPS) is 31.0. The van der Waals surface area contributed by atoms with E-state index in [1.807, 2.05) is 11.9 Å². The molecule has 1 saturated carbocycles. The minimum Gasteiger partial charge on any atom is -0.341 e. The number of rotatable bonds is 5. The van der Waals surface area contributed by atoms with Crippen molar-refractivity contribution in [1.82, 2.24) is 10.2 Å². The third-order valence-corrected chi connectivity index (χ3v) is 5.33. The first-order chi connectivity index (χ1) is 9.72. The van der Waals surface area contributed by atoms with Gasteiger partial charge in [0.2, 0.25) is 5.91 Å². The summed E-state index contributed by atoms with van der Waals surface area (Å²) in [5, 5.41) is 3.41. The second kappa shape index (κ2) is 8.02. The van der Waals surface area contributed by atoms with Gasteiger partial charge in [-0.25, -0.2) is 0 Å². The average Bonchev–Trinajstić information content (AvgIpc) is 2.53. The van der Waals surface area contributed by atoms with E-state index in [1.165, 1.54) is 44.9 Å². The molecule has 2 rings (SSSR count). The fourth-order valence-corrected chi connectivity index (χ4v) is 3.82. The second-order valence-corrected chi connectivity index (χ2v) is 6.81. The minimum absolute atomic E-state index is 0.305. The molecule has 2 aliphatic rings. The third-order valence-electron chi connectivity index (χ3n) is 5.33. The Morgan fingerprint density at radius 3 is 2.55 bits per heavy atom. The topological polar surface area (TPSA) is 32.3 Å². The lowest BCUT2D eigenvalue weighted by Gasteiger charge is -2.36.